The number of furan rings is 1. The molecule has 0 radical (unpaired) electrons. The first-order valence-corrected chi connectivity index (χ1v) is 11.7. The zero-order valence-corrected chi connectivity index (χ0v) is 20.8. The fraction of sp³-hybridized carbons (Fsp3) is 0.261. The molecule has 10 heteroatoms. The summed E-state index contributed by atoms with van der Waals surface area (Å²) >= 11 is 4.49. The van der Waals surface area contributed by atoms with Crippen molar-refractivity contribution in [2.75, 3.05) is 20.8 Å². The number of hydrogen-bond acceptors (Lipinski definition) is 8. The molecule has 172 valence electrons. The Kier molecular flexibility index (Phi) is 6.57. The first-order valence-electron chi connectivity index (χ1n) is 10.0. The van der Waals surface area contributed by atoms with E-state index >= 15 is 0 Å². The number of ether oxygens (including phenoxy) is 3. The highest BCUT2D eigenvalue weighted by molar-refractivity contribution is 9.10. The van der Waals surface area contributed by atoms with Gasteiger partial charge in [0.1, 0.15) is 23.3 Å². The third-order valence-corrected chi connectivity index (χ3v) is 6.53. The number of nitrogens with zero attached hydrogens (tertiary/aromatic N) is 2. The summed E-state index contributed by atoms with van der Waals surface area (Å²) in [4.78, 5) is 31.6. The number of allylic oxidation sites excluding steroid dienone is 1. The molecule has 1 aliphatic rings. The number of methoxy groups -OCH3 is 2. The molecule has 0 bridgehead atoms. The fourth-order valence-corrected chi connectivity index (χ4v) is 5.01. The maximum Gasteiger partial charge on any atom is 0.338 e. The predicted octanol–water partition coefficient (Wildman–Crippen LogP) is 3.17. The Hall–Kier alpha value is -3.11. The van der Waals surface area contributed by atoms with E-state index in [-0.39, 0.29) is 17.7 Å². The van der Waals surface area contributed by atoms with Crippen molar-refractivity contribution in [3.8, 4) is 11.5 Å². The quantitative estimate of drug-likeness (QED) is 0.452. The van der Waals surface area contributed by atoms with Crippen molar-refractivity contribution >= 4 is 39.3 Å². The van der Waals surface area contributed by atoms with Crippen molar-refractivity contribution in [1.82, 2.24) is 4.57 Å². The minimum absolute atomic E-state index is 0.194. The molecule has 2 aromatic heterocycles. The van der Waals surface area contributed by atoms with Gasteiger partial charge in [0.2, 0.25) is 0 Å². The predicted molar refractivity (Wildman–Crippen MR) is 126 cm³/mol. The van der Waals surface area contributed by atoms with Gasteiger partial charge in [-0.15, -0.1) is 0 Å². The smallest absolute Gasteiger partial charge is 0.338 e. The van der Waals surface area contributed by atoms with Crippen molar-refractivity contribution in [3.63, 3.8) is 0 Å². The minimum Gasteiger partial charge on any atom is -0.497 e. The summed E-state index contributed by atoms with van der Waals surface area (Å²) in [5, 5.41) is 0. The van der Waals surface area contributed by atoms with Crippen LogP contribution in [0.15, 0.2) is 60.5 Å². The molecule has 3 heterocycles. The molecular weight excluding hydrogens is 512 g/mol. The van der Waals surface area contributed by atoms with Gasteiger partial charge >= 0.3 is 5.97 Å². The Balaban J connectivity index is 2.00. The van der Waals surface area contributed by atoms with E-state index in [1.54, 1.807) is 57.4 Å². The third-order valence-electron chi connectivity index (χ3n) is 5.12. The maximum absolute atomic E-state index is 13.6. The number of hydrogen-bond donors (Lipinski definition) is 0. The molecule has 1 unspecified atom stereocenters. The number of fused-ring (bicyclic) bond motifs is 1. The lowest BCUT2D eigenvalue weighted by Crippen LogP contribution is -2.40. The summed E-state index contributed by atoms with van der Waals surface area (Å²) in [5.41, 5.74) is 1.07. The van der Waals surface area contributed by atoms with Crippen LogP contribution in [0.25, 0.3) is 6.08 Å². The lowest BCUT2D eigenvalue weighted by Gasteiger charge is -2.26. The largest absolute Gasteiger partial charge is 0.497 e. The number of halogens is 1. The Bertz CT molecular complexity index is 1430. The molecule has 1 aromatic carbocycles. The van der Waals surface area contributed by atoms with E-state index in [2.05, 4.69) is 20.9 Å². The monoisotopic (exact) mass is 532 g/mol. The molecule has 0 fully saturated rings. The second-order valence-corrected chi connectivity index (χ2v) is 8.84. The molecule has 4 rings (SSSR count). The van der Waals surface area contributed by atoms with Gasteiger partial charge in [0.05, 0.1) is 36.6 Å². The Morgan fingerprint density at radius 1 is 1.27 bits per heavy atom. The molecule has 0 N–H and O–H groups in total. The molecule has 3 aromatic rings. The summed E-state index contributed by atoms with van der Waals surface area (Å²) in [6, 6.07) is 7.96. The number of carbonyl (C=O) groups is 1. The minimum atomic E-state index is -0.786. The molecule has 1 atom stereocenters. The molecule has 1 aliphatic heterocycles. The van der Waals surface area contributed by atoms with E-state index < -0.39 is 12.0 Å². The van der Waals surface area contributed by atoms with Crippen LogP contribution >= 0.6 is 27.3 Å². The van der Waals surface area contributed by atoms with E-state index in [1.807, 2.05) is 0 Å². The van der Waals surface area contributed by atoms with Gasteiger partial charge in [0.25, 0.3) is 5.56 Å². The Labute approximate surface area is 201 Å². The molecule has 0 saturated heterocycles. The number of rotatable bonds is 6. The molecule has 33 heavy (non-hydrogen) atoms. The molecule has 0 spiro atoms. The van der Waals surface area contributed by atoms with E-state index in [0.717, 1.165) is 0 Å². The SMILES string of the molecule is CCOC(=O)C1=C(C)N=c2s/c(=C/c3ccc(Br)o3)c(=O)n2C1c1ccc(OC)cc1OC. The van der Waals surface area contributed by atoms with Crippen LogP contribution in [-0.2, 0) is 9.53 Å². The van der Waals surface area contributed by atoms with Gasteiger partial charge < -0.3 is 18.6 Å². The summed E-state index contributed by atoms with van der Waals surface area (Å²) < 4.78 is 24.2. The first-order chi connectivity index (χ1) is 15.9. The van der Waals surface area contributed by atoms with Gasteiger partial charge in [-0.1, -0.05) is 11.3 Å². The maximum atomic E-state index is 13.6. The van der Waals surface area contributed by atoms with Crippen molar-refractivity contribution in [3.05, 3.63) is 77.3 Å². The number of benzene rings is 1. The summed E-state index contributed by atoms with van der Waals surface area (Å²) in [5.74, 6) is 1.04. The van der Waals surface area contributed by atoms with E-state index in [9.17, 15) is 9.59 Å². The third kappa shape index (κ3) is 4.28. The second-order valence-electron chi connectivity index (χ2n) is 7.05. The zero-order valence-electron chi connectivity index (χ0n) is 18.4. The summed E-state index contributed by atoms with van der Waals surface area (Å²) in [6.45, 7) is 3.66. The van der Waals surface area contributed by atoms with Crippen LogP contribution in [0, 0.1) is 0 Å². The van der Waals surface area contributed by atoms with Crippen LogP contribution in [0.5, 0.6) is 11.5 Å². The van der Waals surface area contributed by atoms with Crippen LogP contribution in [0.1, 0.15) is 31.2 Å². The van der Waals surface area contributed by atoms with E-state index in [4.69, 9.17) is 18.6 Å². The van der Waals surface area contributed by atoms with Gasteiger partial charge in [0.15, 0.2) is 9.47 Å². The van der Waals surface area contributed by atoms with Gasteiger partial charge in [-0.2, -0.15) is 0 Å². The highest BCUT2D eigenvalue weighted by Crippen LogP contribution is 2.37. The highest BCUT2D eigenvalue weighted by atomic mass is 79.9. The highest BCUT2D eigenvalue weighted by Gasteiger charge is 2.35. The van der Waals surface area contributed by atoms with Crippen molar-refractivity contribution in [2.45, 2.75) is 19.9 Å². The molecule has 0 aliphatic carbocycles. The molecule has 8 nitrogen and oxygen atoms in total. The topological polar surface area (TPSA) is 92.3 Å². The Morgan fingerprint density at radius 2 is 2.06 bits per heavy atom. The lowest BCUT2D eigenvalue weighted by atomic mass is 9.95. The summed E-state index contributed by atoms with van der Waals surface area (Å²) in [6.07, 6.45) is 1.65. The molecule has 0 saturated carbocycles. The van der Waals surface area contributed by atoms with Gasteiger partial charge in [-0.3, -0.25) is 9.36 Å². The van der Waals surface area contributed by atoms with E-state index in [1.165, 1.54) is 23.0 Å². The first kappa shape index (κ1) is 23.1. The van der Waals surface area contributed by atoms with Crippen LogP contribution in [0.2, 0.25) is 0 Å². The van der Waals surface area contributed by atoms with Crippen LogP contribution in [-0.4, -0.2) is 31.4 Å². The standard InChI is InChI=1S/C23H21BrN2O6S/c1-5-31-22(28)19-12(2)25-23-26(20(19)15-8-6-13(29-3)10-16(15)30-4)21(27)17(33-23)11-14-7-9-18(24)32-14/h6-11,20H,5H2,1-4H3/b17-11+. The fourth-order valence-electron chi connectivity index (χ4n) is 3.67. The van der Waals surface area contributed by atoms with Crippen LogP contribution < -0.4 is 24.4 Å². The normalized spacial score (nSPS) is 15.8. The average molecular weight is 533 g/mol. The summed E-state index contributed by atoms with van der Waals surface area (Å²) in [7, 11) is 3.08. The van der Waals surface area contributed by atoms with Gasteiger partial charge in [-0.25, -0.2) is 9.79 Å². The van der Waals surface area contributed by atoms with Crippen molar-refractivity contribution in [1.29, 1.82) is 0 Å². The number of thiazole rings is 1. The van der Waals surface area contributed by atoms with Gasteiger partial charge in [0, 0.05) is 17.7 Å². The second kappa shape index (κ2) is 9.40. The molecule has 0 amide bonds. The molecular formula is C23H21BrN2O6S. The number of aromatic nitrogens is 1. The zero-order chi connectivity index (χ0) is 23.7. The van der Waals surface area contributed by atoms with E-state index in [0.29, 0.717) is 42.5 Å². The van der Waals surface area contributed by atoms with Crippen molar-refractivity contribution < 1.29 is 23.4 Å². The lowest BCUT2D eigenvalue weighted by molar-refractivity contribution is -0.139. The van der Waals surface area contributed by atoms with Gasteiger partial charge in [-0.05, 0) is 54.0 Å². The van der Waals surface area contributed by atoms with Crippen LogP contribution in [0.4, 0.5) is 0 Å². The van der Waals surface area contributed by atoms with Crippen molar-refractivity contribution in [2.24, 2.45) is 4.99 Å². The Morgan fingerprint density at radius 3 is 2.70 bits per heavy atom. The van der Waals surface area contributed by atoms with Crippen LogP contribution in [0.3, 0.4) is 0 Å². The average Bonchev–Trinajstić information content (AvgIpc) is 3.34. The number of carbonyl (C=O) groups excluding carboxylic acids is 1. The number of esters is 1.